The van der Waals surface area contributed by atoms with E-state index in [1.165, 1.54) is 24.3 Å². The molecule has 0 saturated heterocycles. The van der Waals surface area contributed by atoms with Crippen molar-refractivity contribution in [2.45, 2.75) is 24.9 Å². The first-order valence-electron chi connectivity index (χ1n) is 6.08. The van der Waals surface area contributed by atoms with E-state index in [-0.39, 0.29) is 5.75 Å². The molecule has 0 heterocycles. The molecule has 0 fully saturated rings. The van der Waals surface area contributed by atoms with Gasteiger partial charge in [0.2, 0.25) is 0 Å². The number of carbonyl (C=O) groups is 2. The molecule has 1 rings (SSSR count). The van der Waals surface area contributed by atoms with Crippen LogP contribution in [0.2, 0.25) is 5.02 Å². The third-order valence-corrected chi connectivity index (χ3v) is 2.63. The van der Waals surface area contributed by atoms with Crippen LogP contribution < -0.4 is 4.74 Å². The average Bonchev–Trinajstić information content (AvgIpc) is 2.42. The van der Waals surface area contributed by atoms with Gasteiger partial charge in [-0.2, -0.15) is 22.0 Å². The summed E-state index contributed by atoms with van der Waals surface area (Å²) in [6, 6.07) is 5.75. The highest BCUT2D eigenvalue weighted by atomic mass is 35.5. The molecule has 0 saturated carbocycles. The van der Waals surface area contributed by atoms with Gasteiger partial charge in [0.15, 0.2) is 6.61 Å². The number of benzene rings is 1. The number of hydrogen-bond donors (Lipinski definition) is 0. The summed E-state index contributed by atoms with van der Waals surface area (Å²) in [7, 11) is 0. The second-order valence-corrected chi connectivity index (χ2v) is 4.73. The van der Waals surface area contributed by atoms with Crippen LogP contribution in [0.25, 0.3) is 0 Å². The van der Waals surface area contributed by atoms with Crippen LogP contribution in [-0.4, -0.2) is 30.6 Å². The van der Waals surface area contributed by atoms with Crippen molar-refractivity contribution in [1.82, 2.24) is 0 Å². The van der Waals surface area contributed by atoms with Gasteiger partial charge in [0.25, 0.3) is 0 Å². The molecule has 0 aliphatic carbocycles. The molecule has 1 aromatic rings. The summed E-state index contributed by atoms with van der Waals surface area (Å²) in [5.74, 6) is -7.33. The number of hydrogen-bond acceptors (Lipinski definition) is 4. The normalized spacial score (nSPS) is 11.9. The molecule has 0 aromatic heterocycles. The number of halogens is 6. The minimum atomic E-state index is -5.82. The number of carbonyl (C=O) groups excluding carboxylic acids is 2. The Labute approximate surface area is 132 Å². The summed E-state index contributed by atoms with van der Waals surface area (Å²) >= 11 is 5.65. The molecule has 0 atom stereocenters. The zero-order valence-electron chi connectivity index (χ0n) is 11.3. The van der Waals surface area contributed by atoms with Crippen LogP contribution in [0, 0.1) is 0 Å². The van der Waals surface area contributed by atoms with Gasteiger partial charge in [0.05, 0.1) is 12.8 Å². The van der Waals surface area contributed by atoms with Crippen LogP contribution in [0.15, 0.2) is 24.3 Å². The van der Waals surface area contributed by atoms with Crippen LogP contribution >= 0.6 is 11.6 Å². The highest BCUT2D eigenvalue weighted by molar-refractivity contribution is 6.30. The average molecular weight is 361 g/mol. The van der Waals surface area contributed by atoms with E-state index in [0.717, 1.165) is 0 Å². The van der Waals surface area contributed by atoms with Gasteiger partial charge in [-0.15, -0.1) is 0 Å². The molecule has 1 aromatic carbocycles. The molecule has 128 valence electrons. The summed E-state index contributed by atoms with van der Waals surface area (Å²) in [5.41, 5.74) is 0. The number of alkyl halides is 5. The minimum Gasteiger partial charge on any atom is -0.459 e. The second-order valence-electron chi connectivity index (χ2n) is 4.29. The number of rotatable bonds is 6. The van der Waals surface area contributed by atoms with Gasteiger partial charge in [0.1, 0.15) is 5.75 Å². The van der Waals surface area contributed by atoms with E-state index >= 15 is 0 Å². The van der Waals surface area contributed by atoms with E-state index in [1.807, 2.05) is 0 Å². The Morgan fingerprint density at radius 2 is 1.65 bits per heavy atom. The van der Waals surface area contributed by atoms with Crippen molar-refractivity contribution in [3.63, 3.8) is 0 Å². The molecule has 0 spiro atoms. The topological polar surface area (TPSA) is 52.6 Å². The lowest BCUT2D eigenvalue weighted by atomic mass is 10.3. The fourth-order valence-electron chi connectivity index (χ4n) is 1.24. The van der Waals surface area contributed by atoms with Gasteiger partial charge in [-0.3, -0.25) is 9.59 Å². The molecule has 4 nitrogen and oxygen atoms in total. The quantitative estimate of drug-likeness (QED) is 0.440. The molecule has 0 radical (unpaired) electrons. The Kier molecular flexibility index (Phi) is 6.31. The fraction of sp³-hybridized carbons (Fsp3) is 0.385. The van der Waals surface area contributed by atoms with Crippen LogP contribution in [-0.2, 0) is 14.3 Å². The van der Waals surface area contributed by atoms with E-state index < -0.39 is 43.5 Å². The third-order valence-electron chi connectivity index (χ3n) is 2.39. The second kappa shape index (κ2) is 7.58. The zero-order chi connectivity index (χ0) is 17.7. The first-order valence-corrected chi connectivity index (χ1v) is 6.45. The van der Waals surface area contributed by atoms with Crippen molar-refractivity contribution in [3.05, 3.63) is 29.3 Å². The van der Waals surface area contributed by atoms with E-state index in [0.29, 0.717) is 5.02 Å². The van der Waals surface area contributed by atoms with Crippen molar-refractivity contribution in [2.24, 2.45) is 0 Å². The molecule has 0 bridgehead atoms. The van der Waals surface area contributed by atoms with E-state index in [9.17, 15) is 31.5 Å². The van der Waals surface area contributed by atoms with Crippen molar-refractivity contribution in [2.75, 3.05) is 6.61 Å². The third kappa shape index (κ3) is 6.39. The fourth-order valence-corrected chi connectivity index (χ4v) is 1.42. The Balaban J connectivity index is 2.37. The molecule has 0 aliphatic heterocycles. The molecule has 0 N–H and O–H groups in total. The Hall–Kier alpha value is -1.90. The maximum atomic E-state index is 12.5. The van der Waals surface area contributed by atoms with Crippen molar-refractivity contribution < 1.29 is 41.0 Å². The molecule has 0 amide bonds. The van der Waals surface area contributed by atoms with Crippen LogP contribution in [0.5, 0.6) is 5.75 Å². The summed E-state index contributed by atoms with van der Waals surface area (Å²) < 4.78 is 69.2. The Morgan fingerprint density at radius 3 is 2.22 bits per heavy atom. The Bertz CT molecular complexity index is 574. The summed E-state index contributed by atoms with van der Waals surface area (Å²) in [5, 5.41) is 0.295. The molecular weight excluding hydrogens is 351 g/mol. The lowest BCUT2D eigenvalue weighted by Gasteiger charge is -2.18. The van der Waals surface area contributed by atoms with Crippen molar-refractivity contribution in [1.29, 1.82) is 0 Å². The minimum absolute atomic E-state index is 0.0967. The van der Waals surface area contributed by atoms with Gasteiger partial charge in [-0.25, -0.2) is 0 Å². The molecular formula is C13H10ClF5O4. The predicted octanol–water partition coefficient (Wildman–Crippen LogP) is 3.77. The van der Waals surface area contributed by atoms with Gasteiger partial charge < -0.3 is 9.47 Å². The SMILES string of the molecule is O=C(CCC(=O)Oc1cccc(Cl)c1)OCC(F)(F)C(F)(F)F. The molecule has 0 aliphatic rings. The molecule has 23 heavy (non-hydrogen) atoms. The summed E-state index contributed by atoms with van der Waals surface area (Å²) in [6.45, 7) is -2.14. The standard InChI is InChI=1S/C13H10ClF5O4/c14-8-2-1-3-9(6-8)23-11(21)5-4-10(20)22-7-12(15,16)13(17,18)19/h1-3,6H,4-5,7H2. The largest absolute Gasteiger partial charge is 0.459 e. The zero-order valence-corrected chi connectivity index (χ0v) is 12.1. The lowest BCUT2D eigenvalue weighted by molar-refractivity contribution is -0.294. The molecule has 0 unspecified atom stereocenters. The van der Waals surface area contributed by atoms with Gasteiger partial charge in [-0.05, 0) is 18.2 Å². The highest BCUT2D eigenvalue weighted by Gasteiger charge is 2.58. The smallest absolute Gasteiger partial charge is 0.456 e. The van der Waals surface area contributed by atoms with E-state index in [2.05, 4.69) is 4.74 Å². The van der Waals surface area contributed by atoms with Crippen molar-refractivity contribution >= 4 is 23.5 Å². The maximum absolute atomic E-state index is 12.5. The summed E-state index contributed by atoms with van der Waals surface area (Å²) in [6.07, 6.45) is -7.07. The highest BCUT2D eigenvalue weighted by Crippen LogP contribution is 2.35. The lowest BCUT2D eigenvalue weighted by Crippen LogP contribution is -2.41. The van der Waals surface area contributed by atoms with E-state index in [1.54, 1.807) is 0 Å². The van der Waals surface area contributed by atoms with E-state index in [4.69, 9.17) is 16.3 Å². The van der Waals surface area contributed by atoms with Gasteiger partial charge in [0, 0.05) is 5.02 Å². The van der Waals surface area contributed by atoms with Crippen LogP contribution in [0.3, 0.4) is 0 Å². The Morgan fingerprint density at radius 1 is 1.04 bits per heavy atom. The van der Waals surface area contributed by atoms with Gasteiger partial charge >= 0.3 is 24.0 Å². The maximum Gasteiger partial charge on any atom is 0.456 e. The molecule has 10 heteroatoms. The number of esters is 2. The van der Waals surface area contributed by atoms with Crippen LogP contribution in [0.4, 0.5) is 22.0 Å². The van der Waals surface area contributed by atoms with Crippen molar-refractivity contribution in [3.8, 4) is 5.75 Å². The number of ether oxygens (including phenoxy) is 2. The monoisotopic (exact) mass is 360 g/mol. The van der Waals surface area contributed by atoms with Gasteiger partial charge in [-0.1, -0.05) is 17.7 Å². The summed E-state index contributed by atoms with van der Waals surface area (Å²) in [4.78, 5) is 22.5. The predicted molar refractivity (Wildman–Crippen MR) is 68.3 cm³/mol. The first kappa shape index (κ1) is 19.1. The first-order chi connectivity index (χ1) is 10.5. The van der Waals surface area contributed by atoms with Crippen LogP contribution in [0.1, 0.15) is 12.8 Å².